The first-order chi connectivity index (χ1) is 16.2. The highest BCUT2D eigenvalue weighted by Gasteiger charge is 2.20. The minimum Gasteiger partial charge on any atom is -0.467 e. The molecule has 0 bridgehead atoms. The number of guanidine groups is 1. The quantitative estimate of drug-likeness (QED) is 0.255. The van der Waals surface area contributed by atoms with Crippen molar-refractivity contribution in [2.24, 2.45) is 4.99 Å². The third-order valence-electron chi connectivity index (χ3n) is 5.49. The van der Waals surface area contributed by atoms with Gasteiger partial charge in [-0.15, -0.1) is 24.0 Å². The fourth-order valence-corrected chi connectivity index (χ4v) is 3.77. The maximum Gasteiger partial charge on any atom is 0.251 e. The Labute approximate surface area is 217 Å². The van der Waals surface area contributed by atoms with Crippen LogP contribution in [0.3, 0.4) is 0 Å². The summed E-state index contributed by atoms with van der Waals surface area (Å²) in [5.74, 6) is 2.50. The molecule has 1 aliphatic heterocycles. The van der Waals surface area contributed by atoms with Crippen LogP contribution in [-0.4, -0.2) is 54.5 Å². The Morgan fingerprint density at radius 1 is 1.06 bits per heavy atom. The van der Waals surface area contributed by atoms with Crippen molar-refractivity contribution in [2.75, 3.05) is 37.6 Å². The number of benzene rings is 1. The lowest BCUT2D eigenvalue weighted by Crippen LogP contribution is -2.52. The highest BCUT2D eigenvalue weighted by atomic mass is 127. The lowest BCUT2D eigenvalue weighted by Gasteiger charge is -2.37. The van der Waals surface area contributed by atoms with E-state index in [1.807, 2.05) is 54.7 Å². The van der Waals surface area contributed by atoms with Gasteiger partial charge in [-0.2, -0.15) is 0 Å². The summed E-state index contributed by atoms with van der Waals surface area (Å²) >= 11 is 0. The molecule has 34 heavy (non-hydrogen) atoms. The first-order valence-electron chi connectivity index (χ1n) is 11.3. The van der Waals surface area contributed by atoms with E-state index in [4.69, 9.17) is 9.41 Å². The topological polar surface area (TPSA) is 86.0 Å². The van der Waals surface area contributed by atoms with Crippen LogP contribution < -0.4 is 15.5 Å². The number of carbonyl (C=O) groups is 1. The van der Waals surface area contributed by atoms with Crippen molar-refractivity contribution in [3.05, 3.63) is 83.9 Å². The second-order valence-electron chi connectivity index (χ2n) is 7.79. The van der Waals surface area contributed by atoms with Crippen LogP contribution in [0.25, 0.3) is 0 Å². The fourth-order valence-electron chi connectivity index (χ4n) is 3.77. The minimum atomic E-state index is -0.130. The SMILES string of the molecule is CCNC(=NCc1cccc(C(=O)NCc2ccco2)c1)N1CCN(c2ccccn2)CC1.I. The van der Waals surface area contributed by atoms with Gasteiger partial charge in [0.2, 0.25) is 0 Å². The van der Waals surface area contributed by atoms with Gasteiger partial charge in [0, 0.05) is 44.5 Å². The van der Waals surface area contributed by atoms with Crippen molar-refractivity contribution < 1.29 is 9.21 Å². The van der Waals surface area contributed by atoms with Gasteiger partial charge in [0.25, 0.3) is 5.91 Å². The molecule has 0 atom stereocenters. The van der Waals surface area contributed by atoms with Gasteiger partial charge in [0.15, 0.2) is 5.96 Å². The zero-order valence-corrected chi connectivity index (χ0v) is 21.6. The highest BCUT2D eigenvalue weighted by molar-refractivity contribution is 14.0. The van der Waals surface area contributed by atoms with Crippen LogP contribution in [0.5, 0.6) is 0 Å². The van der Waals surface area contributed by atoms with E-state index in [0.717, 1.165) is 55.8 Å². The number of nitrogens with zero attached hydrogens (tertiary/aromatic N) is 4. The van der Waals surface area contributed by atoms with E-state index < -0.39 is 0 Å². The zero-order valence-electron chi connectivity index (χ0n) is 19.3. The number of aromatic nitrogens is 1. The Hall–Kier alpha value is -3.08. The molecule has 3 heterocycles. The van der Waals surface area contributed by atoms with Crippen molar-refractivity contribution in [3.8, 4) is 0 Å². The molecule has 1 fully saturated rings. The smallest absolute Gasteiger partial charge is 0.251 e. The lowest BCUT2D eigenvalue weighted by atomic mass is 10.1. The normalized spacial score (nSPS) is 13.9. The lowest BCUT2D eigenvalue weighted by molar-refractivity contribution is 0.0948. The van der Waals surface area contributed by atoms with E-state index >= 15 is 0 Å². The maximum atomic E-state index is 12.5. The minimum absolute atomic E-state index is 0. The maximum absolute atomic E-state index is 12.5. The molecule has 2 aromatic heterocycles. The summed E-state index contributed by atoms with van der Waals surface area (Å²) in [7, 11) is 0. The number of furan rings is 1. The van der Waals surface area contributed by atoms with Gasteiger partial charge in [-0.25, -0.2) is 9.98 Å². The van der Waals surface area contributed by atoms with Gasteiger partial charge in [0.05, 0.1) is 19.4 Å². The van der Waals surface area contributed by atoms with Crippen LogP contribution >= 0.6 is 24.0 Å². The Balaban J connectivity index is 0.00000324. The molecule has 0 radical (unpaired) electrons. The molecular weight excluding hydrogens is 543 g/mol. The summed E-state index contributed by atoms with van der Waals surface area (Å²) in [6, 6.07) is 17.2. The molecule has 0 aliphatic carbocycles. The van der Waals surface area contributed by atoms with Crippen molar-refractivity contribution >= 4 is 41.7 Å². The predicted molar refractivity (Wildman–Crippen MR) is 145 cm³/mol. The molecule has 1 amide bonds. The molecule has 1 aliphatic rings. The van der Waals surface area contributed by atoms with Crippen LogP contribution in [0, 0.1) is 0 Å². The summed E-state index contributed by atoms with van der Waals surface area (Å²) in [5.41, 5.74) is 1.60. The molecule has 1 saturated heterocycles. The number of anilines is 1. The second kappa shape index (κ2) is 13.0. The van der Waals surface area contributed by atoms with E-state index in [9.17, 15) is 4.79 Å². The molecule has 2 N–H and O–H groups in total. The van der Waals surface area contributed by atoms with E-state index in [0.29, 0.717) is 18.7 Å². The average Bonchev–Trinajstić information content (AvgIpc) is 3.40. The molecule has 4 rings (SSSR count). The standard InChI is InChI=1S/C25H30N6O2.HI/c1-2-26-25(31-14-12-30(13-15-31)23-10-3-4-11-27-23)29-18-20-7-5-8-21(17-20)24(32)28-19-22-9-6-16-33-22;/h3-11,16-17H,2,12-15,18-19H2,1H3,(H,26,29)(H,28,32);1H. The summed E-state index contributed by atoms with van der Waals surface area (Å²) in [6.45, 7) is 7.28. The summed E-state index contributed by atoms with van der Waals surface area (Å²) < 4.78 is 5.27. The number of piperazine rings is 1. The molecule has 3 aromatic rings. The second-order valence-corrected chi connectivity index (χ2v) is 7.79. The zero-order chi connectivity index (χ0) is 22.9. The van der Waals surface area contributed by atoms with E-state index in [-0.39, 0.29) is 29.9 Å². The molecule has 180 valence electrons. The van der Waals surface area contributed by atoms with E-state index in [1.54, 1.807) is 12.3 Å². The molecular formula is C25H31IN6O2. The van der Waals surface area contributed by atoms with Gasteiger partial charge in [0.1, 0.15) is 11.6 Å². The summed E-state index contributed by atoms with van der Waals surface area (Å²) in [4.78, 5) is 26.4. The number of pyridine rings is 1. The highest BCUT2D eigenvalue weighted by Crippen LogP contribution is 2.13. The predicted octanol–water partition coefficient (Wildman–Crippen LogP) is 3.51. The fraction of sp³-hybridized carbons (Fsp3) is 0.320. The average molecular weight is 574 g/mol. The number of hydrogen-bond donors (Lipinski definition) is 2. The molecule has 0 saturated carbocycles. The van der Waals surface area contributed by atoms with Gasteiger partial charge in [-0.3, -0.25) is 4.79 Å². The molecule has 0 spiro atoms. The van der Waals surface area contributed by atoms with Gasteiger partial charge >= 0.3 is 0 Å². The number of aliphatic imine (C=N–C) groups is 1. The van der Waals surface area contributed by atoms with Gasteiger partial charge in [-0.1, -0.05) is 18.2 Å². The van der Waals surface area contributed by atoms with Crippen molar-refractivity contribution in [2.45, 2.75) is 20.0 Å². The van der Waals surface area contributed by atoms with Crippen LogP contribution in [0.15, 0.2) is 76.5 Å². The summed E-state index contributed by atoms with van der Waals surface area (Å²) in [5, 5.41) is 6.29. The Bertz CT molecular complexity index is 1050. The number of halogens is 1. The van der Waals surface area contributed by atoms with E-state index in [1.165, 1.54) is 0 Å². The number of amides is 1. The summed E-state index contributed by atoms with van der Waals surface area (Å²) in [6.07, 6.45) is 3.43. The number of nitrogens with one attached hydrogen (secondary N) is 2. The number of hydrogen-bond acceptors (Lipinski definition) is 5. The largest absolute Gasteiger partial charge is 0.467 e. The first-order valence-corrected chi connectivity index (χ1v) is 11.3. The molecule has 9 heteroatoms. The number of rotatable bonds is 7. The van der Waals surface area contributed by atoms with Gasteiger partial charge in [-0.05, 0) is 48.9 Å². The van der Waals surface area contributed by atoms with Gasteiger partial charge < -0.3 is 24.9 Å². The number of carbonyl (C=O) groups excluding carboxylic acids is 1. The molecule has 8 nitrogen and oxygen atoms in total. The van der Waals surface area contributed by atoms with Crippen molar-refractivity contribution in [1.29, 1.82) is 0 Å². The third kappa shape index (κ3) is 6.96. The molecule has 1 aromatic carbocycles. The van der Waals surface area contributed by atoms with Crippen molar-refractivity contribution in [3.63, 3.8) is 0 Å². The monoisotopic (exact) mass is 574 g/mol. The first kappa shape index (κ1) is 25.5. The van der Waals surface area contributed by atoms with Crippen molar-refractivity contribution in [1.82, 2.24) is 20.5 Å². The Kier molecular flexibility index (Phi) is 9.75. The molecule has 0 unspecified atom stereocenters. The van der Waals surface area contributed by atoms with Crippen LogP contribution in [0.2, 0.25) is 0 Å². The van der Waals surface area contributed by atoms with E-state index in [2.05, 4.69) is 32.3 Å². The van der Waals surface area contributed by atoms with Crippen LogP contribution in [-0.2, 0) is 13.1 Å². The third-order valence-corrected chi connectivity index (χ3v) is 5.49. The van der Waals surface area contributed by atoms with Crippen LogP contribution in [0.1, 0.15) is 28.6 Å². The van der Waals surface area contributed by atoms with Crippen LogP contribution in [0.4, 0.5) is 5.82 Å². The Morgan fingerprint density at radius 2 is 1.91 bits per heavy atom. The Morgan fingerprint density at radius 3 is 2.62 bits per heavy atom.